The van der Waals surface area contributed by atoms with Crippen molar-refractivity contribution in [2.75, 3.05) is 26.9 Å². The SMILES string of the molecule is C=CCOC(C)C(=O)OCC(=O)c1cc(C)n(CCOC)c1C. The third-order valence-electron chi connectivity index (χ3n) is 3.53. The van der Waals surface area contributed by atoms with Crippen LogP contribution in [0.15, 0.2) is 18.7 Å². The molecule has 1 atom stereocenters. The van der Waals surface area contributed by atoms with Gasteiger partial charge in [-0.1, -0.05) is 6.08 Å². The van der Waals surface area contributed by atoms with E-state index in [1.165, 1.54) is 0 Å². The van der Waals surface area contributed by atoms with E-state index in [1.807, 2.05) is 18.4 Å². The molecule has 23 heavy (non-hydrogen) atoms. The maximum atomic E-state index is 12.3. The molecule has 0 saturated carbocycles. The maximum absolute atomic E-state index is 12.3. The molecule has 0 N–H and O–H groups in total. The largest absolute Gasteiger partial charge is 0.455 e. The van der Waals surface area contributed by atoms with Gasteiger partial charge in [0.2, 0.25) is 5.78 Å². The Morgan fingerprint density at radius 2 is 2.09 bits per heavy atom. The number of aryl methyl sites for hydroxylation is 1. The molecule has 0 aromatic carbocycles. The van der Waals surface area contributed by atoms with Crippen LogP contribution < -0.4 is 0 Å². The third-order valence-corrected chi connectivity index (χ3v) is 3.53. The average molecular weight is 323 g/mol. The maximum Gasteiger partial charge on any atom is 0.335 e. The van der Waals surface area contributed by atoms with Crippen LogP contribution in [-0.2, 0) is 25.5 Å². The lowest BCUT2D eigenvalue weighted by atomic mass is 10.1. The molecule has 1 rings (SSSR count). The van der Waals surface area contributed by atoms with Crippen LogP contribution in [0.5, 0.6) is 0 Å². The molecule has 0 fully saturated rings. The van der Waals surface area contributed by atoms with Crippen molar-refractivity contribution in [3.8, 4) is 0 Å². The van der Waals surface area contributed by atoms with Crippen molar-refractivity contribution >= 4 is 11.8 Å². The number of esters is 1. The Morgan fingerprint density at radius 3 is 2.70 bits per heavy atom. The normalized spacial score (nSPS) is 12.0. The fraction of sp³-hybridized carbons (Fsp3) is 0.529. The number of rotatable bonds is 10. The summed E-state index contributed by atoms with van der Waals surface area (Å²) in [6.07, 6.45) is 0.819. The van der Waals surface area contributed by atoms with Crippen molar-refractivity contribution in [1.29, 1.82) is 0 Å². The lowest BCUT2D eigenvalue weighted by Gasteiger charge is -2.11. The molecule has 6 heteroatoms. The van der Waals surface area contributed by atoms with Gasteiger partial charge in [-0.25, -0.2) is 4.79 Å². The number of carbonyl (C=O) groups excluding carboxylic acids is 2. The van der Waals surface area contributed by atoms with Crippen molar-refractivity contribution in [1.82, 2.24) is 4.57 Å². The predicted molar refractivity (Wildman–Crippen MR) is 86.7 cm³/mol. The molecular weight excluding hydrogens is 298 g/mol. The van der Waals surface area contributed by atoms with E-state index in [9.17, 15) is 9.59 Å². The van der Waals surface area contributed by atoms with Gasteiger partial charge in [0, 0.05) is 30.6 Å². The zero-order chi connectivity index (χ0) is 17.4. The predicted octanol–water partition coefficient (Wildman–Crippen LogP) is 2.07. The molecular formula is C17H25NO5. The van der Waals surface area contributed by atoms with E-state index in [-0.39, 0.29) is 19.0 Å². The second-order valence-corrected chi connectivity index (χ2v) is 5.22. The van der Waals surface area contributed by atoms with Gasteiger partial charge in [0.25, 0.3) is 0 Å². The van der Waals surface area contributed by atoms with Crippen molar-refractivity contribution in [3.63, 3.8) is 0 Å². The number of ether oxygens (including phenoxy) is 3. The van der Waals surface area contributed by atoms with Gasteiger partial charge in [0.1, 0.15) is 0 Å². The molecule has 0 radical (unpaired) electrons. The Kier molecular flexibility index (Phi) is 7.71. The molecule has 0 saturated heterocycles. The topological polar surface area (TPSA) is 66.8 Å². The number of carbonyl (C=O) groups is 2. The van der Waals surface area contributed by atoms with Crippen molar-refractivity contribution < 1.29 is 23.8 Å². The van der Waals surface area contributed by atoms with Crippen LogP contribution in [0.25, 0.3) is 0 Å². The number of hydrogen-bond acceptors (Lipinski definition) is 5. The summed E-state index contributed by atoms with van der Waals surface area (Å²) in [6, 6.07) is 1.80. The van der Waals surface area contributed by atoms with E-state index in [0.29, 0.717) is 18.7 Å². The van der Waals surface area contributed by atoms with Crippen molar-refractivity contribution in [2.24, 2.45) is 0 Å². The second kappa shape index (κ2) is 9.27. The standard InChI is InChI=1S/C17H25NO5/c1-6-8-22-14(4)17(20)23-11-16(19)15-10-12(2)18(13(15)3)7-9-21-5/h6,10,14H,1,7-9,11H2,2-5H3. The summed E-state index contributed by atoms with van der Waals surface area (Å²) >= 11 is 0. The summed E-state index contributed by atoms with van der Waals surface area (Å²) < 4.78 is 17.3. The second-order valence-electron chi connectivity index (χ2n) is 5.22. The quantitative estimate of drug-likeness (QED) is 0.375. The lowest BCUT2D eigenvalue weighted by Crippen LogP contribution is -2.26. The first-order valence-electron chi connectivity index (χ1n) is 7.50. The fourth-order valence-corrected chi connectivity index (χ4v) is 2.22. The van der Waals surface area contributed by atoms with Crippen LogP contribution >= 0.6 is 0 Å². The van der Waals surface area contributed by atoms with Gasteiger partial charge in [0.15, 0.2) is 12.7 Å². The highest BCUT2D eigenvalue weighted by Crippen LogP contribution is 2.16. The van der Waals surface area contributed by atoms with Gasteiger partial charge in [-0.15, -0.1) is 6.58 Å². The van der Waals surface area contributed by atoms with E-state index in [0.717, 1.165) is 11.4 Å². The van der Waals surface area contributed by atoms with E-state index in [4.69, 9.17) is 14.2 Å². The third kappa shape index (κ3) is 5.33. The van der Waals surface area contributed by atoms with E-state index >= 15 is 0 Å². The molecule has 0 aliphatic heterocycles. The Bertz CT molecular complexity index is 562. The number of Topliss-reactive ketones (excluding diaryl/α,β-unsaturated/α-hetero) is 1. The minimum Gasteiger partial charge on any atom is -0.455 e. The summed E-state index contributed by atoms with van der Waals surface area (Å²) in [4.78, 5) is 24.0. The van der Waals surface area contributed by atoms with Crippen molar-refractivity contribution in [2.45, 2.75) is 33.4 Å². The summed E-state index contributed by atoms with van der Waals surface area (Å²) in [7, 11) is 1.63. The molecule has 6 nitrogen and oxygen atoms in total. The van der Waals surface area contributed by atoms with E-state index in [2.05, 4.69) is 6.58 Å². The van der Waals surface area contributed by atoms with Gasteiger partial charge in [-0.2, -0.15) is 0 Å². The first-order chi connectivity index (χ1) is 10.9. The smallest absolute Gasteiger partial charge is 0.335 e. The molecule has 1 unspecified atom stereocenters. The molecule has 1 aromatic heterocycles. The molecule has 1 aromatic rings. The summed E-state index contributed by atoms with van der Waals surface area (Å²) in [5.41, 5.74) is 2.37. The lowest BCUT2D eigenvalue weighted by molar-refractivity contribution is -0.154. The summed E-state index contributed by atoms with van der Waals surface area (Å²) in [5.74, 6) is -0.792. The number of nitrogens with zero attached hydrogens (tertiary/aromatic N) is 1. The average Bonchev–Trinajstić information content (AvgIpc) is 2.82. The minimum absolute atomic E-state index is 0.231. The van der Waals surface area contributed by atoms with Gasteiger partial charge in [-0.05, 0) is 26.8 Å². The minimum atomic E-state index is -0.727. The van der Waals surface area contributed by atoms with Crippen LogP contribution in [0, 0.1) is 13.8 Å². The first kappa shape index (κ1) is 19.1. The monoisotopic (exact) mass is 323 g/mol. The van der Waals surface area contributed by atoms with E-state index in [1.54, 1.807) is 26.2 Å². The Balaban J connectivity index is 2.65. The Hall–Kier alpha value is -1.92. The van der Waals surface area contributed by atoms with Gasteiger partial charge in [-0.3, -0.25) is 4.79 Å². The van der Waals surface area contributed by atoms with Crippen LogP contribution in [0.2, 0.25) is 0 Å². The zero-order valence-electron chi connectivity index (χ0n) is 14.3. The Labute approximate surface area is 137 Å². The molecule has 1 heterocycles. The number of ketones is 1. The number of hydrogen-bond donors (Lipinski definition) is 0. The molecule has 0 spiro atoms. The number of methoxy groups -OCH3 is 1. The van der Waals surface area contributed by atoms with Crippen molar-refractivity contribution in [3.05, 3.63) is 35.7 Å². The molecule has 0 aliphatic rings. The highest BCUT2D eigenvalue weighted by atomic mass is 16.6. The molecule has 0 bridgehead atoms. The summed E-state index contributed by atoms with van der Waals surface area (Å²) in [5, 5.41) is 0. The molecule has 128 valence electrons. The number of aromatic nitrogens is 1. The highest BCUT2D eigenvalue weighted by molar-refractivity contribution is 5.99. The molecule has 0 aliphatic carbocycles. The summed E-state index contributed by atoms with van der Waals surface area (Å²) in [6.45, 7) is 10.1. The van der Waals surface area contributed by atoms with Crippen LogP contribution in [0.3, 0.4) is 0 Å². The zero-order valence-corrected chi connectivity index (χ0v) is 14.3. The molecule has 0 amide bonds. The van der Waals surface area contributed by atoms with Gasteiger partial charge in [0.05, 0.1) is 13.2 Å². The van der Waals surface area contributed by atoms with Crippen LogP contribution in [0.1, 0.15) is 28.7 Å². The fourth-order valence-electron chi connectivity index (χ4n) is 2.22. The Morgan fingerprint density at radius 1 is 1.39 bits per heavy atom. The van der Waals surface area contributed by atoms with Gasteiger partial charge >= 0.3 is 5.97 Å². The van der Waals surface area contributed by atoms with Gasteiger partial charge < -0.3 is 18.8 Å². The highest BCUT2D eigenvalue weighted by Gasteiger charge is 2.19. The first-order valence-corrected chi connectivity index (χ1v) is 7.50. The van der Waals surface area contributed by atoms with Crippen LogP contribution in [-0.4, -0.2) is 49.4 Å². The van der Waals surface area contributed by atoms with Crippen LogP contribution in [0.4, 0.5) is 0 Å². The van der Waals surface area contributed by atoms with E-state index < -0.39 is 12.1 Å².